The maximum Gasteiger partial charge on any atom is 0.192 e. The standard InChI is InChI=1S/C21H42O2Si2/c1-13-17-14-18(22-24(9,10)20(3,4)5)16(2)19(15-17)23-25(11,12)21(6,7)8/h13,18-19H,2,14-15H2,1,3-12H3/t18-,19+. The zero-order chi connectivity index (χ0) is 19.8. The highest BCUT2D eigenvalue weighted by atomic mass is 28.4. The topological polar surface area (TPSA) is 18.5 Å². The van der Waals surface area contributed by atoms with Crippen LogP contribution in [0, 0.1) is 0 Å². The van der Waals surface area contributed by atoms with E-state index < -0.39 is 16.6 Å². The largest absolute Gasteiger partial charge is 0.410 e. The zero-order valence-corrected chi connectivity index (χ0v) is 20.7. The van der Waals surface area contributed by atoms with E-state index in [0.717, 1.165) is 18.4 Å². The molecule has 1 rings (SSSR count). The summed E-state index contributed by atoms with van der Waals surface area (Å²) in [6.45, 7) is 29.7. The number of rotatable bonds is 4. The van der Waals surface area contributed by atoms with Crippen molar-refractivity contribution in [1.29, 1.82) is 0 Å². The monoisotopic (exact) mass is 382 g/mol. The van der Waals surface area contributed by atoms with Gasteiger partial charge in [-0.05, 0) is 61.6 Å². The number of hydrogen-bond donors (Lipinski definition) is 0. The zero-order valence-electron chi connectivity index (χ0n) is 18.7. The lowest BCUT2D eigenvalue weighted by atomic mass is 9.86. The molecule has 25 heavy (non-hydrogen) atoms. The molecule has 2 nitrogen and oxygen atoms in total. The molecule has 0 aromatic heterocycles. The summed E-state index contributed by atoms with van der Waals surface area (Å²) >= 11 is 0. The van der Waals surface area contributed by atoms with Crippen molar-refractivity contribution in [2.75, 3.05) is 0 Å². The number of allylic oxidation sites excluding steroid dienone is 1. The van der Waals surface area contributed by atoms with Crippen molar-refractivity contribution in [3.63, 3.8) is 0 Å². The van der Waals surface area contributed by atoms with Crippen molar-refractivity contribution >= 4 is 16.6 Å². The summed E-state index contributed by atoms with van der Waals surface area (Å²) in [5.41, 5.74) is 2.60. The Morgan fingerprint density at radius 1 is 0.840 bits per heavy atom. The first-order valence-corrected chi connectivity index (χ1v) is 15.5. The molecule has 0 saturated heterocycles. The Labute approximate surface area is 159 Å². The molecule has 1 aliphatic rings. The Kier molecular flexibility index (Phi) is 6.82. The third-order valence-electron chi connectivity index (χ3n) is 6.62. The van der Waals surface area contributed by atoms with Crippen LogP contribution in [0.15, 0.2) is 23.8 Å². The Bertz CT molecular complexity index is 477. The second-order valence-corrected chi connectivity index (χ2v) is 20.2. The average Bonchev–Trinajstić information content (AvgIpc) is 2.39. The van der Waals surface area contributed by atoms with Crippen LogP contribution in [0.1, 0.15) is 61.3 Å². The molecule has 2 atom stereocenters. The summed E-state index contributed by atoms with van der Waals surface area (Å²) < 4.78 is 13.5. The maximum absolute atomic E-state index is 6.75. The first-order valence-electron chi connectivity index (χ1n) is 9.70. The lowest BCUT2D eigenvalue weighted by Gasteiger charge is -2.46. The quantitative estimate of drug-likeness (QED) is 0.382. The van der Waals surface area contributed by atoms with Crippen molar-refractivity contribution in [3.8, 4) is 0 Å². The van der Waals surface area contributed by atoms with Crippen molar-refractivity contribution in [1.82, 2.24) is 0 Å². The van der Waals surface area contributed by atoms with E-state index in [1.165, 1.54) is 5.57 Å². The van der Waals surface area contributed by atoms with E-state index in [9.17, 15) is 0 Å². The van der Waals surface area contributed by atoms with Crippen LogP contribution >= 0.6 is 0 Å². The minimum atomic E-state index is -1.83. The highest BCUT2D eigenvalue weighted by molar-refractivity contribution is 6.74. The molecule has 4 heteroatoms. The molecule has 0 bridgehead atoms. The smallest absolute Gasteiger partial charge is 0.192 e. The molecule has 0 N–H and O–H groups in total. The lowest BCUT2D eigenvalue weighted by Crippen LogP contribution is -2.49. The normalized spacial score (nSPS) is 25.6. The van der Waals surface area contributed by atoms with Gasteiger partial charge in [-0.1, -0.05) is 59.8 Å². The Balaban J connectivity index is 3.05. The molecule has 0 aromatic rings. The predicted molar refractivity (Wildman–Crippen MR) is 116 cm³/mol. The van der Waals surface area contributed by atoms with E-state index in [4.69, 9.17) is 8.85 Å². The molecule has 0 spiro atoms. The summed E-state index contributed by atoms with van der Waals surface area (Å²) in [6.07, 6.45) is 4.38. The Hall–Kier alpha value is -0.166. The first kappa shape index (κ1) is 22.9. The maximum atomic E-state index is 6.75. The van der Waals surface area contributed by atoms with Gasteiger partial charge < -0.3 is 8.85 Å². The SMILES string of the molecule is C=C1[C@@H](O[Si](C)(C)C(C)(C)C)CC(=CC)C[C@H]1O[Si](C)(C)C(C)(C)C. The van der Waals surface area contributed by atoms with Gasteiger partial charge in [-0.25, -0.2) is 0 Å². The van der Waals surface area contributed by atoms with Crippen LogP contribution in [0.25, 0.3) is 0 Å². The van der Waals surface area contributed by atoms with Gasteiger partial charge in [0.15, 0.2) is 16.6 Å². The van der Waals surface area contributed by atoms with Crippen molar-refractivity contribution in [2.24, 2.45) is 0 Å². The van der Waals surface area contributed by atoms with Crippen molar-refractivity contribution < 1.29 is 8.85 Å². The fraction of sp³-hybridized carbons (Fsp3) is 0.810. The molecule has 1 saturated carbocycles. The van der Waals surface area contributed by atoms with E-state index in [-0.39, 0.29) is 22.3 Å². The van der Waals surface area contributed by atoms with E-state index >= 15 is 0 Å². The van der Waals surface area contributed by atoms with Crippen molar-refractivity contribution in [2.45, 2.75) is 110 Å². The minimum absolute atomic E-state index is 0.0932. The second-order valence-electron chi connectivity index (χ2n) is 10.7. The number of hydrogen-bond acceptors (Lipinski definition) is 2. The van der Waals surface area contributed by atoms with Crippen LogP contribution in [0.2, 0.25) is 36.3 Å². The highest BCUT2D eigenvalue weighted by Gasteiger charge is 2.44. The van der Waals surface area contributed by atoms with Gasteiger partial charge in [0, 0.05) is 0 Å². The van der Waals surface area contributed by atoms with Gasteiger partial charge in [-0.15, -0.1) is 0 Å². The summed E-state index contributed by atoms with van der Waals surface area (Å²) in [5.74, 6) is 0. The van der Waals surface area contributed by atoms with Crippen molar-refractivity contribution in [3.05, 3.63) is 23.8 Å². The Morgan fingerprint density at radius 2 is 1.16 bits per heavy atom. The van der Waals surface area contributed by atoms with Gasteiger partial charge in [0.25, 0.3) is 0 Å². The molecule has 0 unspecified atom stereocenters. The Morgan fingerprint density at radius 3 is 1.40 bits per heavy atom. The molecule has 0 aromatic carbocycles. The molecular formula is C21H42O2Si2. The van der Waals surface area contributed by atoms with Gasteiger partial charge in [0.05, 0.1) is 12.2 Å². The van der Waals surface area contributed by atoms with Gasteiger partial charge in [-0.3, -0.25) is 0 Å². The molecule has 0 amide bonds. The molecule has 0 radical (unpaired) electrons. The summed E-state index contributed by atoms with van der Waals surface area (Å²) in [6, 6.07) is 0. The molecule has 146 valence electrons. The van der Waals surface area contributed by atoms with Crippen LogP contribution in [-0.4, -0.2) is 28.8 Å². The van der Waals surface area contributed by atoms with Gasteiger partial charge in [0.1, 0.15) is 0 Å². The predicted octanol–water partition coefficient (Wildman–Crippen LogP) is 7.06. The fourth-order valence-electron chi connectivity index (χ4n) is 2.56. The van der Waals surface area contributed by atoms with Crippen LogP contribution < -0.4 is 0 Å². The van der Waals surface area contributed by atoms with Crippen LogP contribution in [-0.2, 0) is 8.85 Å². The first-order chi connectivity index (χ1) is 11.0. The summed E-state index contributed by atoms with van der Waals surface area (Å²) in [7, 11) is -3.67. The van der Waals surface area contributed by atoms with Crippen LogP contribution in [0.4, 0.5) is 0 Å². The van der Waals surface area contributed by atoms with Gasteiger partial charge >= 0.3 is 0 Å². The molecule has 1 aliphatic carbocycles. The fourth-order valence-corrected chi connectivity index (χ4v) is 5.16. The molecular weight excluding hydrogens is 340 g/mol. The van der Waals surface area contributed by atoms with Crippen LogP contribution in [0.5, 0.6) is 0 Å². The van der Waals surface area contributed by atoms with E-state index in [2.05, 4.69) is 87.3 Å². The third-order valence-corrected chi connectivity index (χ3v) is 15.6. The minimum Gasteiger partial charge on any atom is -0.410 e. The van der Waals surface area contributed by atoms with E-state index in [0.29, 0.717) is 0 Å². The molecule has 0 aliphatic heterocycles. The second kappa shape index (κ2) is 7.45. The van der Waals surface area contributed by atoms with Gasteiger partial charge in [-0.2, -0.15) is 0 Å². The van der Waals surface area contributed by atoms with Crippen LogP contribution in [0.3, 0.4) is 0 Å². The summed E-state index contributed by atoms with van der Waals surface area (Å²) in [5, 5.41) is 0.410. The van der Waals surface area contributed by atoms with E-state index in [1.54, 1.807) is 0 Å². The van der Waals surface area contributed by atoms with Gasteiger partial charge in [0.2, 0.25) is 0 Å². The average molecular weight is 383 g/mol. The molecule has 0 heterocycles. The molecule has 1 fully saturated rings. The summed E-state index contributed by atoms with van der Waals surface area (Å²) in [4.78, 5) is 0. The third kappa shape index (κ3) is 5.41. The highest BCUT2D eigenvalue weighted by Crippen LogP contribution is 2.44. The van der Waals surface area contributed by atoms with E-state index in [1.807, 2.05) is 0 Å². The lowest BCUT2D eigenvalue weighted by molar-refractivity contribution is 0.132.